The summed E-state index contributed by atoms with van der Waals surface area (Å²) in [5.41, 5.74) is 8.71. The molecule has 3 heterocycles. The molecule has 5 rings (SSSR count). The fraction of sp³-hybridized carbons (Fsp3) is 0.542. The van der Waals surface area contributed by atoms with E-state index in [1.54, 1.807) is 18.3 Å². The van der Waals surface area contributed by atoms with Crippen molar-refractivity contribution in [2.24, 2.45) is 5.92 Å². The second kappa shape index (κ2) is 8.75. The first kappa shape index (κ1) is 21.3. The minimum Gasteiger partial charge on any atom is -0.347 e. The van der Waals surface area contributed by atoms with Crippen LogP contribution in [0, 0.1) is 11.7 Å². The van der Waals surface area contributed by atoms with Crippen LogP contribution in [0.25, 0.3) is 11.1 Å². The van der Waals surface area contributed by atoms with Gasteiger partial charge in [0.05, 0.1) is 5.69 Å². The van der Waals surface area contributed by atoms with Crippen molar-refractivity contribution in [3.05, 3.63) is 42.0 Å². The Labute approximate surface area is 188 Å². The molecule has 1 amide bonds. The third-order valence-corrected chi connectivity index (χ3v) is 7.25. The fourth-order valence-corrected chi connectivity index (χ4v) is 5.48. The lowest BCUT2D eigenvalue weighted by molar-refractivity contribution is -0.135. The number of amides is 1. The normalized spacial score (nSPS) is 25.7. The number of halogens is 1. The third kappa shape index (κ3) is 3.86. The number of fused-ring (bicyclic) bond motifs is 1. The fourth-order valence-electron chi connectivity index (χ4n) is 5.48. The summed E-state index contributed by atoms with van der Waals surface area (Å²) in [6.45, 7) is 1.38. The Morgan fingerprint density at radius 3 is 2.62 bits per heavy atom. The zero-order valence-corrected chi connectivity index (χ0v) is 18.7. The Morgan fingerprint density at radius 2 is 1.88 bits per heavy atom. The molecule has 3 atom stereocenters. The van der Waals surface area contributed by atoms with Crippen LogP contribution in [-0.2, 0) is 4.79 Å². The lowest BCUT2D eigenvalue weighted by Crippen LogP contribution is -2.50. The van der Waals surface area contributed by atoms with Gasteiger partial charge in [-0.25, -0.2) is 19.8 Å². The van der Waals surface area contributed by atoms with Crippen molar-refractivity contribution in [1.82, 2.24) is 25.7 Å². The summed E-state index contributed by atoms with van der Waals surface area (Å²) in [7, 11) is 3.81. The smallest absolute Gasteiger partial charge is 0.241 e. The maximum atomic E-state index is 14.6. The quantitative estimate of drug-likeness (QED) is 0.765. The second-order valence-electron chi connectivity index (χ2n) is 9.41. The van der Waals surface area contributed by atoms with Crippen molar-refractivity contribution >= 4 is 11.9 Å². The highest BCUT2D eigenvalue weighted by Crippen LogP contribution is 2.37. The predicted molar refractivity (Wildman–Crippen MR) is 121 cm³/mol. The van der Waals surface area contributed by atoms with Gasteiger partial charge in [0.25, 0.3) is 0 Å². The summed E-state index contributed by atoms with van der Waals surface area (Å²) < 4.78 is 14.6. The molecule has 32 heavy (non-hydrogen) atoms. The van der Waals surface area contributed by atoms with Crippen LogP contribution in [0.1, 0.15) is 43.7 Å². The first-order chi connectivity index (χ1) is 15.5. The molecular formula is C24H31FN6O. The molecule has 0 bridgehead atoms. The average molecular weight is 439 g/mol. The largest absolute Gasteiger partial charge is 0.347 e. The van der Waals surface area contributed by atoms with E-state index in [1.807, 2.05) is 30.0 Å². The number of hydrogen-bond donors (Lipinski definition) is 2. The van der Waals surface area contributed by atoms with Crippen molar-refractivity contribution in [1.29, 1.82) is 0 Å². The van der Waals surface area contributed by atoms with Crippen molar-refractivity contribution in [2.45, 2.75) is 50.1 Å². The molecule has 2 aromatic rings. The van der Waals surface area contributed by atoms with Crippen LogP contribution in [0.15, 0.2) is 30.5 Å². The van der Waals surface area contributed by atoms with Gasteiger partial charge >= 0.3 is 0 Å². The second-order valence-corrected chi connectivity index (χ2v) is 9.41. The standard InChI is InChI=1S/C24H31FN6O/c1-30(2)24-26-14-18(16-6-3-4-8-19(16)25)21(27-24)15-10-12-31(13-11-15)23(32)22-17-7-5-9-20(17)28-29-22/h3-4,6,8,14-15,17,20,22,28-29H,5,7,9-13H2,1-2H3. The minimum absolute atomic E-state index is 0.118. The van der Waals surface area contributed by atoms with E-state index in [-0.39, 0.29) is 23.7 Å². The van der Waals surface area contributed by atoms with Crippen molar-refractivity contribution < 1.29 is 9.18 Å². The third-order valence-electron chi connectivity index (χ3n) is 7.25. The summed E-state index contributed by atoms with van der Waals surface area (Å²) in [4.78, 5) is 26.3. The van der Waals surface area contributed by atoms with Gasteiger partial charge in [-0.05, 0) is 31.7 Å². The zero-order chi connectivity index (χ0) is 22.2. The van der Waals surface area contributed by atoms with Gasteiger partial charge < -0.3 is 9.80 Å². The maximum Gasteiger partial charge on any atom is 0.241 e. The maximum absolute atomic E-state index is 14.6. The van der Waals surface area contributed by atoms with Crippen LogP contribution in [0.2, 0.25) is 0 Å². The van der Waals surface area contributed by atoms with Gasteiger partial charge in [-0.1, -0.05) is 24.6 Å². The van der Waals surface area contributed by atoms with Crippen molar-refractivity contribution in [2.75, 3.05) is 32.1 Å². The van der Waals surface area contributed by atoms with E-state index in [2.05, 4.69) is 15.8 Å². The van der Waals surface area contributed by atoms with Crippen LogP contribution in [0.3, 0.4) is 0 Å². The summed E-state index contributed by atoms with van der Waals surface area (Å²) in [5, 5.41) is 0. The molecule has 1 aromatic heterocycles. The van der Waals surface area contributed by atoms with E-state index in [0.29, 0.717) is 36.6 Å². The monoisotopic (exact) mass is 438 g/mol. The van der Waals surface area contributed by atoms with Crippen LogP contribution >= 0.6 is 0 Å². The molecule has 2 aliphatic heterocycles. The molecule has 2 saturated heterocycles. The van der Waals surface area contributed by atoms with Gasteiger partial charge in [-0.3, -0.25) is 10.2 Å². The minimum atomic E-state index is -0.270. The molecule has 1 saturated carbocycles. The van der Waals surface area contributed by atoms with Gasteiger partial charge in [0.15, 0.2) is 0 Å². The number of hydrazine groups is 1. The van der Waals surface area contributed by atoms with Gasteiger partial charge in [0, 0.05) is 62.4 Å². The molecule has 3 aliphatic rings. The predicted octanol–water partition coefficient (Wildman–Crippen LogP) is 2.70. The van der Waals surface area contributed by atoms with E-state index < -0.39 is 0 Å². The number of anilines is 1. The topological polar surface area (TPSA) is 73.4 Å². The number of nitrogens with one attached hydrogen (secondary N) is 2. The Morgan fingerprint density at radius 1 is 1.09 bits per heavy atom. The number of hydrogen-bond acceptors (Lipinski definition) is 6. The summed E-state index contributed by atoms with van der Waals surface area (Å²) in [6.07, 6.45) is 6.80. The van der Waals surface area contributed by atoms with Crippen LogP contribution in [-0.4, -0.2) is 60.0 Å². The number of carbonyl (C=O) groups excluding carboxylic acids is 1. The van der Waals surface area contributed by atoms with Gasteiger partial charge in [0.1, 0.15) is 11.9 Å². The molecule has 7 nitrogen and oxygen atoms in total. The van der Waals surface area contributed by atoms with E-state index in [4.69, 9.17) is 4.98 Å². The lowest BCUT2D eigenvalue weighted by atomic mass is 9.88. The molecule has 1 aliphatic carbocycles. The highest BCUT2D eigenvalue weighted by Gasteiger charge is 2.44. The Balaban J connectivity index is 1.35. The van der Waals surface area contributed by atoms with E-state index in [1.165, 1.54) is 12.5 Å². The zero-order valence-electron chi connectivity index (χ0n) is 18.7. The highest BCUT2D eigenvalue weighted by molar-refractivity contribution is 5.83. The molecule has 8 heteroatoms. The Bertz CT molecular complexity index is 990. The summed E-state index contributed by atoms with van der Waals surface area (Å²) >= 11 is 0. The number of likely N-dealkylation sites (tertiary alicyclic amines) is 1. The van der Waals surface area contributed by atoms with E-state index in [0.717, 1.165) is 36.9 Å². The van der Waals surface area contributed by atoms with Gasteiger partial charge in [-0.15, -0.1) is 0 Å². The van der Waals surface area contributed by atoms with Crippen LogP contribution in [0.4, 0.5) is 10.3 Å². The highest BCUT2D eigenvalue weighted by atomic mass is 19.1. The molecule has 170 valence electrons. The molecule has 3 unspecified atom stereocenters. The summed E-state index contributed by atoms with van der Waals surface area (Å²) in [6, 6.07) is 7.09. The SMILES string of the molecule is CN(C)c1ncc(-c2ccccc2F)c(C2CCN(C(=O)C3NNC4CCCC43)CC2)n1. The molecule has 2 N–H and O–H groups in total. The Hall–Kier alpha value is -2.58. The first-order valence-corrected chi connectivity index (χ1v) is 11.6. The molecule has 0 spiro atoms. The number of benzene rings is 1. The van der Waals surface area contributed by atoms with Crippen LogP contribution in [0.5, 0.6) is 0 Å². The van der Waals surface area contributed by atoms with E-state index >= 15 is 0 Å². The lowest BCUT2D eigenvalue weighted by Gasteiger charge is -2.35. The number of aromatic nitrogens is 2. The molecule has 3 fully saturated rings. The van der Waals surface area contributed by atoms with E-state index in [9.17, 15) is 9.18 Å². The van der Waals surface area contributed by atoms with Crippen molar-refractivity contribution in [3.8, 4) is 11.1 Å². The number of nitrogens with zero attached hydrogens (tertiary/aromatic N) is 4. The molecule has 1 aromatic carbocycles. The van der Waals surface area contributed by atoms with Crippen molar-refractivity contribution in [3.63, 3.8) is 0 Å². The van der Waals surface area contributed by atoms with Gasteiger partial charge in [-0.2, -0.15) is 0 Å². The van der Waals surface area contributed by atoms with Crippen LogP contribution < -0.4 is 15.8 Å². The number of rotatable bonds is 4. The summed E-state index contributed by atoms with van der Waals surface area (Å²) in [5.74, 6) is 1.11. The number of carbonyl (C=O) groups is 1. The first-order valence-electron chi connectivity index (χ1n) is 11.6. The molecular weight excluding hydrogens is 407 g/mol. The Kier molecular flexibility index (Phi) is 5.82. The molecule has 0 radical (unpaired) electrons. The number of piperidine rings is 1. The van der Waals surface area contributed by atoms with Gasteiger partial charge in [0.2, 0.25) is 11.9 Å². The average Bonchev–Trinajstić information content (AvgIpc) is 3.43.